The molecule has 0 radical (unpaired) electrons. The van der Waals surface area contributed by atoms with Gasteiger partial charge in [0.15, 0.2) is 0 Å². The maximum Gasteiger partial charge on any atom is 0.0412 e. The third kappa shape index (κ3) is 5.00. The first-order chi connectivity index (χ1) is 10.0. The van der Waals surface area contributed by atoms with Crippen LogP contribution >= 0.6 is 15.9 Å². The molecule has 2 nitrogen and oxygen atoms in total. The minimum atomic E-state index is 0.491. The smallest absolute Gasteiger partial charge is 0.0412 e. The van der Waals surface area contributed by atoms with Crippen molar-refractivity contribution in [2.45, 2.75) is 53.0 Å². The van der Waals surface area contributed by atoms with E-state index in [1.165, 1.54) is 54.5 Å². The molecular weight excluding hydrogens is 324 g/mol. The fourth-order valence-electron chi connectivity index (χ4n) is 3.07. The molecule has 0 amide bonds. The summed E-state index contributed by atoms with van der Waals surface area (Å²) in [5.74, 6) is 0. The quantitative estimate of drug-likeness (QED) is 0.752. The van der Waals surface area contributed by atoms with Gasteiger partial charge in [-0.05, 0) is 61.4 Å². The second-order valence-corrected chi connectivity index (χ2v) is 7.87. The van der Waals surface area contributed by atoms with E-state index < -0.39 is 0 Å². The second kappa shape index (κ2) is 7.64. The van der Waals surface area contributed by atoms with E-state index >= 15 is 0 Å². The Labute approximate surface area is 138 Å². The summed E-state index contributed by atoms with van der Waals surface area (Å²) in [7, 11) is 0. The number of halogens is 1. The average molecular weight is 353 g/mol. The van der Waals surface area contributed by atoms with E-state index in [1.807, 2.05) is 0 Å². The lowest BCUT2D eigenvalue weighted by Gasteiger charge is -2.27. The van der Waals surface area contributed by atoms with Crippen molar-refractivity contribution in [2.24, 2.45) is 5.41 Å². The first kappa shape index (κ1) is 16.8. The van der Waals surface area contributed by atoms with Crippen molar-refractivity contribution < 1.29 is 0 Å². The lowest BCUT2D eigenvalue weighted by atomic mass is 9.85. The lowest BCUT2D eigenvalue weighted by molar-refractivity contribution is 0.325. The fourth-order valence-corrected chi connectivity index (χ4v) is 3.48. The van der Waals surface area contributed by atoms with Crippen LogP contribution in [0.2, 0.25) is 0 Å². The summed E-state index contributed by atoms with van der Waals surface area (Å²) in [5, 5.41) is 3.54. The zero-order valence-electron chi connectivity index (χ0n) is 13.7. The van der Waals surface area contributed by atoms with E-state index in [0.717, 1.165) is 13.1 Å². The molecule has 0 saturated carbocycles. The van der Waals surface area contributed by atoms with E-state index in [1.54, 1.807) is 0 Å². The molecule has 0 spiro atoms. The van der Waals surface area contributed by atoms with E-state index in [4.69, 9.17) is 0 Å². The Morgan fingerprint density at radius 2 is 2.05 bits per heavy atom. The van der Waals surface area contributed by atoms with Gasteiger partial charge in [0.2, 0.25) is 0 Å². The van der Waals surface area contributed by atoms with Crippen molar-refractivity contribution in [3.8, 4) is 0 Å². The summed E-state index contributed by atoms with van der Waals surface area (Å²) in [6.07, 6.45) is 5.10. The predicted octanol–water partition coefficient (Wildman–Crippen LogP) is 4.97. The van der Waals surface area contributed by atoms with Gasteiger partial charge in [-0.3, -0.25) is 0 Å². The third-order valence-corrected chi connectivity index (χ3v) is 4.96. The monoisotopic (exact) mass is 352 g/mol. The van der Waals surface area contributed by atoms with Gasteiger partial charge in [-0.15, -0.1) is 0 Å². The molecule has 3 heteroatoms. The molecule has 0 aromatic heterocycles. The first-order valence-corrected chi connectivity index (χ1v) is 9.05. The molecule has 0 unspecified atom stereocenters. The average Bonchev–Trinajstić information content (AvgIpc) is 2.60. The molecule has 0 atom stereocenters. The third-order valence-electron chi connectivity index (χ3n) is 4.46. The van der Waals surface area contributed by atoms with Crippen LogP contribution in [-0.2, 0) is 6.54 Å². The van der Waals surface area contributed by atoms with Gasteiger partial charge in [0.05, 0.1) is 0 Å². The number of hydrogen-bond acceptors (Lipinski definition) is 2. The van der Waals surface area contributed by atoms with Gasteiger partial charge in [0.25, 0.3) is 0 Å². The molecule has 2 rings (SSSR count). The van der Waals surface area contributed by atoms with Gasteiger partial charge < -0.3 is 10.2 Å². The van der Waals surface area contributed by atoms with Crippen molar-refractivity contribution in [1.82, 2.24) is 5.32 Å². The van der Waals surface area contributed by atoms with Crippen LogP contribution in [0, 0.1) is 5.41 Å². The first-order valence-electron chi connectivity index (χ1n) is 8.26. The normalized spacial score (nSPS) is 18.6. The second-order valence-electron chi connectivity index (χ2n) is 6.95. The highest BCUT2D eigenvalue weighted by Crippen LogP contribution is 2.33. The topological polar surface area (TPSA) is 15.3 Å². The maximum atomic E-state index is 3.62. The highest BCUT2D eigenvalue weighted by Gasteiger charge is 2.24. The summed E-state index contributed by atoms with van der Waals surface area (Å²) in [4.78, 5) is 2.59. The Bertz CT molecular complexity index is 457. The van der Waals surface area contributed by atoms with Crippen molar-refractivity contribution in [3.05, 3.63) is 28.2 Å². The molecule has 1 aromatic carbocycles. The minimum Gasteiger partial charge on any atom is -0.371 e. The maximum absolute atomic E-state index is 3.62. The summed E-state index contributed by atoms with van der Waals surface area (Å²) < 4.78 is 1.18. The van der Waals surface area contributed by atoms with Crippen LogP contribution in [0.4, 0.5) is 5.69 Å². The Hall–Kier alpha value is -0.540. The van der Waals surface area contributed by atoms with E-state index in [2.05, 4.69) is 65.1 Å². The van der Waals surface area contributed by atoms with Gasteiger partial charge in [-0.25, -0.2) is 0 Å². The zero-order valence-corrected chi connectivity index (χ0v) is 15.3. The van der Waals surface area contributed by atoms with E-state index in [9.17, 15) is 0 Å². The van der Waals surface area contributed by atoms with Crippen molar-refractivity contribution in [2.75, 3.05) is 24.5 Å². The van der Waals surface area contributed by atoms with Crippen molar-refractivity contribution in [3.63, 3.8) is 0 Å². The molecule has 1 fully saturated rings. The molecule has 1 saturated heterocycles. The van der Waals surface area contributed by atoms with Crippen LogP contribution in [0.25, 0.3) is 0 Å². The Morgan fingerprint density at radius 3 is 2.81 bits per heavy atom. The Balaban J connectivity index is 2.13. The minimum absolute atomic E-state index is 0.491. The number of rotatable bonds is 5. The summed E-state index contributed by atoms with van der Waals surface area (Å²) >= 11 is 3.62. The molecule has 1 heterocycles. The molecule has 1 N–H and O–H groups in total. The van der Waals surface area contributed by atoms with Crippen molar-refractivity contribution in [1.29, 1.82) is 0 Å². The predicted molar refractivity (Wildman–Crippen MR) is 96.0 cm³/mol. The summed E-state index contributed by atoms with van der Waals surface area (Å²) in [6.45, 7) is 11.4. The Morgan fingerprint density at radius 1 is 1.24 bits per heavy atom. The molecule has 1 aliphatic heterocycles. The molecule has 118 valence electrons. The van der Waals surface area contributed by atoms with Crippen molar-refractivity contribution >= 4 is 21.6 Å². The van der Waals surface area contributed by atoms with Crippen LogP contribution in [0.1, 0.15) is 52.0 Å². The Kier molecular flexibility index (Phi) is 6.12. The van der Waals surface area contributed by atoms with Crippen LogP contribution in [0.15, 0.2) is 22.7 Å². The van der Waals surface area contributed by atoms with Crippen LogP contribution in [-0.4, -0.2) is 19.6 Å². The molecular formula is C18H29BrN2. The van der Waals surface area contributed by atoms with Crippen LogP contribution < -0.4 is 10.2 Å². The van der Waals surface area contributed by atoms with E-state index in [-0.39, 0.29) is 0 Å². The zero-order chi connectivity index (χ0) is 15.3. The summed E-state index contributed by atoms with van der Waals surface area (Å²) in [5.41, 5.74) is 3.32. The summed E-state index contributed by atoms with van der Waals surface area (Å²) in [6, 6.07) is 6.73. The van der Waals surface area contributed by atoms with Gasteiger partial charge in [0, 0.05) is 29.8 Å². The van der Waals surface area contributed by atoms with Gasteiger partial charge in [-0.2, -0.15) is 0 Å². The highest BCUT2D eigenvalue weighted by molar-refractivity contribution is 9.10. The number of nitrogens with zero attached hydrogens (tertiary/aromatic N) is 1. The molecule has 0 aliphatic carbocycles. The molecule has 21 heavy (non-hydrogen) atoms. The largest absolute Gasteiger partial charge is 0.371 e. The van der Waals surface area contributed by atoms with Gasteiger partial charge in [0.1, 0.15) is 0 Å². The number of hydrogen-bond donors (Lipinski definition) is 1. The lowest BCUT2D eigenvalue weighted by Crippen LogP contribution is -2.27. The fraction of sp³-hybridized carbons (Fsp3) is 0.667. The van der Waals surface area contributed by atoms with Crippen LogP contribution in [0.3, 0.4) is 0 Å². The van der Waals surface area contributed by atoms with E-state index in [0.29, 0.717) is 5.41 Å². The number of nitrogens with one attached hydrogen (secondary N) is 1. The van der Waals surface area contributed by atoms with Gasteiger partial charge >= 0.3 is 0 Å². The van der Waals surface area contributed by atoms with Gasteiger partial charge in [-0.1, -0.05) is 36.7 Å². The molecule has 1 aliphatic rings. The highest BCUT2D eigenvalue weighted by atomic mass is 79.9. The molecule has 1 aromatic rings. The number of anilines is 1. The SMILES string of the molecule is CCCNCc1cc(Br)ccc1N1CCCC(C)(C)CC1. The molecule has 0 bridgehead atoms. The standard InChI is InChI=1S/C18H29BrN2/c1-4-10-20-14-15-13-16(19)6-7-17(15)21-11-5-8-18(2,3)9-12-21/h6-7,13,20H,4-5,8-12,14H2,1-3H3. The number of benzene rings is 1. The van der Waals surface area contributed by atoms with Crippen LogP contribution in [0.5, 0.6) is 0 Å².